The van der Waals surface area contributed by atoms with Crippen molar-refractivity contribution in [3.05, 3.63) is 29.6 Å². The SMILES string of the molecule is O=CN1CCC(c2cnccc2C(F)(F)F)CC1. The molecule has 0 radical (unpaired) electrons. The van der Waals surface area contributed by atoms with Crippen LogP contribution in [0.1, 0.15) is 29.9 Å². The third-order valence-electron chi connectivity index (χ3n) is 3.28. The smallest absolute Gasteiger partial charge is 0.345 e. The number of amides is 1. The van der Waals surface area contributed by atoms with E-state index in [4.69, 9.17) is 0 Å². The zero-order chi connectivity index (χ0) is 13.2. The highest BCUT2D eigenvalue weighted by Gasteiger charge is 2.35. The molecule has 0 unspecified atom stereocenters. The van der Waals surface area contributed by atoms with Gasteiger partial charge in [0, 0.05) is 25.5 Å². The van der Waals surface area contributed by atoms with E-state index >= 15 is 0 Å². The van der Waals surface area contributed by atoms with Crippen LogP contribution in [0, 0.1) is 0 Å². The lowest BCUT2D eigenvalue weighted by Gasteiger charge is -2.30. The average molecular weight is 258 g/mol. The van der Waals surface area contributed by atoms with Gasteiger partial charge in [-0.2, -0.15) is 13.2 Å². The Bertz CT molecular complexity index is 426. The van der Waals surface area contributed by atoms with Crippen LogP contribution in [0.4, 0.5) is 13.2 Å². The fourth-order valence-electron chi connectivity index (χ4n) is 2.31. The summed E-state index contributed by atoms with van der Waals surface area (Å²) in [6.45, 7) is 1.00. The van der Waals surface area contributed by atoms with Crippen LogP contribution >= 0.6 is 0 Å². The molecule has 1 saturated heterocycles. The van der Waals surface area contributed by atoms with E-state index < -0.39 is 11.7 Å². The summed E-state index contributed by atoms with van der Waals surface area (Å²) in [6, 6.07) is 1.02. The van der Waals surface area contributed by atoms with Crippen molar-refractivity contribution in [1.29, 1.82) is 0 Å². The summed E-state index contributed by atoms with van der Waals surface area (Å²) in [5, 5.41) is 0. The van der Waals surface area contributed by atoms with Crippen LogP contribution in [-0.4, -0.2) is 29.4 Å². The van der Waals surface area contributed by atoms with E-state index in [-0.39, 0.29) is 11.5 Å². The monoisotopic (exact) mass is 258 g/mol. The fourth-order valence-corrected chi connectivity index (χ4v) is 2.31. The molecule has 0 atom stereocenters. The molecule has 1 fully saturated rings. The lowest BCUT2D eigenvalue weighted by atomic mass is 9.87. The van der Waals surface area contributed by atoms with E-state index in [9.17, 15) is 18.0 Å². The number of alkyl halides is 3. The molecule has 98 valence electrons. The lowest BCUT2D eigenvalue weighted by Crippen LogP contribution is -2.32. The van der Waals surface area contributed by atoms with Crippen molar-refractivity contribution in [2.75, 3.05) is 13.1 Å². The lowest BCUT2D eigenvalue weighted by molar-refractivity contribution is -0.138. The van der Waals surface area contributed by atoms with Crippen molar-refractivity contribution >= 4 is 6.41 Å². The number of aromatic nitrogens is 1. The first-order valence-electron chi connectivity index (χ1n) is 5.73. The molecule has 6 heteroatoms. The second-order valence-electron chi connectivity index (χ2n) is 4.38. The van der Waals surface area contributed by atoms with Crippen LogP contribution < -0.4 is 0 Å². The summed E-state index contributed by atoms with van der Waals surface area (Å²) in [7, 11) is 0. The second kappa shape index (κ2) is 4.96. The average Bonchev–Trinajstić information content (AvgIpc) is 2.38. The van der Waals surface area contributed by atoms with Gasteiger partial charge in [-0.15, -0.1) is 0 Å². The molecular weight excluding hydrogens is 245 g/mol. The first-order valence-corrected chi connectivity index (χ1v) is 5.73. The Morgan fingerprint density at radius 2 is 2.00 bits per heavy atom. The molecular formula is C12H13F3N2O. The molecule has 1 amide bonds. The Labute approximate surface area is 103 Å². The minimum absolute atomic E-state index is 0.175. The van der Waals surface area contributed by atoms with Crippen LogP contribution in [0.25, 0.3) is 0 Å². The Morgan fingerprint density at radius 3 is 2.56 bits per heavy atom. The van der Waals surface area contributed by atoms with Gasteiger partial charge in [0.15, 0.2) is 0 Å². The van der Waals surface area contributed by atoms with Crippen LogP contribution in [0.2, 0.25) is 0 Å². The predicted molar refractivity (Wildman–Crippen MR) is 58.9 cm³/mol. The van der Waals surface area contributed by atoms with Gasteiger partial charge in [-0.05, 0) is 30.4 Å². The van der Waals surface area contributed by atoms with Crippen LogP contribution in [0.5, 0.6) is 0 Å². The van der Waals surface area contributed by atoms with Gasteiger partial charge < -0.3 is 4.90 Å². The number of hydrogen-bond acceptors (Lipinski definition) is 2. The maximum atomic E-state index is 12.9. The summed E-state index contributed by atoms with van der Waals surface area (Å²) in [5.41, 5.74) is -0.363. The number of likely N-dealkylation sites (tertiary alicyclic amines) is 1. The maximum absolute atomic E-state index is 12.9. The number of rotatable bonds is 2. The minimum atomic E-state index is -4.35. The topological polar surface area (TPSA) is 33.2 Å². The third kappa shape index (κ3) is 2.63. The molecule has 0 aromatic carbocycles. The molecule has 2 rings (SSSR count). The fraction of sp³-hybridized carbons (Fsp3) is 0.500. The van der Waals surface area contributed by atoms with E-state index in [0.717, 1.165) is 18.7 Å². The number of carbonyl (C=O) groups is 1. The Hall–Kier alpha value is -1.59. The first kappa shape index (κ1) is 12.9. The summed E-state index contributed by atoms with van der Waals surface area (Å²) >= 11 is 0. The molecule has 1 aliphatic heterocycles. The highest BCUT2D eigenvalue weighted by molar-refractivity contribution is 5.47. The number of hydrogen-bond donors (Lipinski definition) is 0. The van der Waals surface area contributed by atoms with E-state index in [1.165, 1.54) is 6.20 Å². The van der Waals surface area contributed by atoms with Crippen LogP contribution in [0.3, 0.4) is 0 Å². The molecule has 0 N–H and O–H groups in total. The molecule has 1 aromatic heterocycles. The maximum Gasteiger partial charge on any atom is 0.416 e. The quantitative estimate of drug-likeness (QED) is 0.763. The van der Waals surface area contributed by atoms with Gasteiger partial charge in [0.1, 0.15) is 0 Å². The Balaban J connectivity index is 2.22. The van der Waals surface area contributed by atoms with Gasteiger partial charge in [-0.25, -0.2) is 0 Å². The van der Waals surface area contributed by atoms with Crippen LogP contribution in [-0.2, 0) is 11.0 Å². The van der Waals surface area contributed by atoms with Crippen molar-refractivity contribution in [2.45, 2.75) is 24.9 Å². The largest absolute Gasteiger partial charge is 0.416 e. The van der Waals surface area contributed by atoms with E-state index in [0.29, 0.717) is 25.9 Å². The molecule has 1 aromatic rings. The predicted octanol–water partition coefficient (Wildman–Crippen LogP) is 2.44. The molecule has 3 nitrogen and oxygen atoms in total. The molecule has 0 saturated carbocycles. The van der Waals surface area contributed by atoms with Crippen molar-refractivity contribution in [2.24, 2.45) is 0 Å². The third-order valence-corrected chi connectivity index (χ3v) is 3.28. The van der Waals surface area contributed by atoms with Gasteiger partial charge in [0.2, 0.25) is 6.41 Å². The highest BCUT2D eigenvalue weighted by atomic mass is 19.4. The summed E-state index contributed by atoms with van der Waals surface area (Å²) in [5.74, 6) is -0.175. The van der Waals surface area contributed by atoms with Crippen molar-refractivity contribution in [1.82, 2.24) is 9.88 Å². The first-order chi connectivity index (χ1) is 8.52. The number of piperidine rings is 1. The van der Waals surface area contributed by atoms with Gasteiger partial charge in [-0.3, -0.25) is 9.78 Å². The summed E-state index contributed by atoms with van der Waals surface area (Å²) in [6.07, 6.45) is -0.0534. The standard InChI is InChI=1S/C12H13F3N2O/c13-12(14,15)11-1-4-16-7-10(11)9-2-5-17(8-18)6-3-9/h1,4,7-9H,2-3,5-6H2. The minimum Gasteiger partial charge on any atom is -0.345 e. The summed E-state index contributed by atoms with van der Waals surface area (Å²) < 4.78 is 38.6. The molecule has 0 aliphatic carbocycles. The Morgan fingerprint density at radius 1 is 1.33 bits per heavy atom. The number of carbonyl (C=O) groups excluding carboxylic acids is 1. The zero-order valence-corrected chi connectivity index (χ0v) is 9.65. The van der Waals surface area contributed by atoms with Crippen molar-refractivity contribution in [3.63, 3.8) is 0 Å². The highest BCUT2D eigenvalue weighted by Crippen LogP contribution is 2.37. The molecule has 1 aliphatic rings. The normalized spacial score (nSPS) is 17.8. The van der Waals surface area contributed by atoms with Crippen molar-refractivity contribution in [3.8, 4) is 0 Å². The Kier molecular flexibility index (Phi) is 3.54. The van der Waals surface area contributed by atoms with Crippen molar-refractivity contribution < 1.29 is 18.0 Å². The molecule has 0 spiro atoms. The molecule has 18 heavy (non-hydrogen) atoms. The molecule has 2 heterocycles. The van der Waals surface area contributed by atoms with Gasteiger partial charge in [-0.1, -0.05) is 0 Å². The van der Waals surface area contributed by atoms with Gasteiger partial charge >= 0.3 is 6.18 Å². The zero-order valence-electron chi connectivity index (χ0n) is 9.65. The van der Waals surface area contributed by atoms with E-state index in [2.05, 4.69) is 4.98 Å². The summed E-state index contributed by atoms with van der Waals surface area (Å²) in [4.78, 5) is 15.9. The van der Waals surface area contributed by atoms with E-state index in [1.807, 2.05) is 0 Å². The molecule has 0 bridgehead atoms. The number of halogens is 3. The number of nitrogens with zero attached hydrogens (tertiary/aromatic N) is 2. The number of pyridine rings is 1. The van der Waals surface area contributed by atoms with Crippen LogP contribution in [0.15, 0.2) is 18.5 Å². The van der Waals surface area contributed by atoms with Gasteiger partial charge in [0.05, 0.1) is 5.56 Å². The second-order valence-corrected chi connectivity index (χ2v) is 4.38. The van der Waals surface area contributed by atoms with Gasteiger partial charge in [0.25, 0.3) is 0 Å². The van der Waals surface area contributed by atoms with E-state index in [1.54, 1.807) is 4.90 Å².